The second kappa shape index (κ2) is 7.63. The van der Waals surface area contributed by atoms with E-state index in [1.54, 1.807) is 0 Å². The van der Waals surface area contributed by atoms with E-state index >= 15 is 0 Å². The van der Waals surface area contributed by atoms with Gasteiger partial charge in [-0.05, 0) is 38.2 Å². The summed E-state index contributed by atoms with van der Waals surface area (Å²) < 4.78 is 6.05. The molecule has 4 heteroatoms. The van der Waals surface area contributed by atoms with E-state index in [0.717, 1.165) is 32.1 Å². The highest BCUT2D eigenvalue weighted by molar-refractivity contribution is 5.80. The van der Waals surface area contributed by atoms with Crippen LogP contribution >= 0.6 is 0 Å². The molecule has 2 aliphatic rings. The molecule has 2 fully saturated rings. The quantitative estimate of drug-likeness (QED) is 0.649. The highest BCUT2D eigenvalue weighted by Crippen LogP contribution is 2.33. The molecule has 0 bridgehead atoms. The molecule has 4 nitrogen and oxygen atoms in total. The number of hydrogen-bond donors (Lipinski definition) is 2. The Bertz CT molecular complexity index is 484. The van der Waals surface area contributed by atoms with Crippen LogP contribution in [0.2, 0.25) is 0 Å². The van der Waals surface area contributed by atoms with Gasteiger partial charge in [-0.2, -0.15) is 0 Å². The van der Waals surface area contributed by atoms with E-state index in [0.29, 0.717) is 12.0 Å². The smallest absolute Gasteiger partial charge is 0.191 e. The van der Waals surface area contributed by atoms with Crippen LogP contribution in [0.15, 0.2) is 35.3 Å². The molecular weight excluding hydrogens is 274 g/mol. The number of aliphatic imine (C=N–C) groups is 1. The number of guanidine groups is 1. The molecule has 1 aliphatic carbocycles. The van der Waals surface area contributed by atoms with Gasteiger partial charge in [0.15, 0.2) is 5.96 Å². The van der Waals surface area contributed by atoms with Crippen molar-refractivity contribution in [2.45, 2.75) is 44.8 Å². The summed E-state index contributed by atoms with van der Waals surface area (Å²) in [7, 11) is 0. The topological polar surface area (TPSA) is 45.7 Å². The maximum Gasteiger partial charge on any atom is 0.191 e. The minimum absolute atomic E-state index is 0.183. The van der Waals surface area contributed by atoms with Gasteiger partial charge in [0.1, 0.15) is 0 Å². The van der Waals surface area contributed by atoms with Crippen LogP contribution in [0.5, 0.6) is 0 Å². The number of benzene rings is 1. The van der Waals surface area contributed by atoms with E-state index in [-0.39, 0.29) is 6.10 Å². The summed E-state index contributed by atoms with van der Waals surface area (Å²) in [5, 5.41) is 6.83. The zero-order chi connectivity index (χ0) is 15.2. The molecule has 0 amide bonds. The Balaban J connectivity index is 1.65. The maximum absolute atomic E-state index is 6.05. The van der Waals surface area contributed by atoms with Gasteiger partial charge in [-0.3, -0.25) is 4.99 Å². The van der Waals surface area contributed by atoms with Gasteiger partial charge in [-0.15, -0.1) is 0 Å². The first kappa shape index (κ1) is 15.3. The standard InChI is InChI=1S/C18H27N3O/c1-2-19-18(21-16-10-11-16)20-13-15-9-6-12-22-17(15)14-7-4-3-5-8-14/h3-5,7-8,15-17H,2,6,9-13H2,1H3,(H2,19,20,21). The monoisotopic (exact) mass is 301 g/mol. The third kappa shape index (κ3) is 4.23. The van der Waals surface area contributed by atoms with Crippen molar-refractivity contribution >= 4 is 5.96 Å². The molecule has 1 heterocycles. The highest BCUT2D eigenvalue weighted by Gasteiger charge is 2.27. The van der Waals surface area contributed by atoms with Gasteiger partial charge in [0, 0.05) is 31.7 Å². The summed E-state index contributed by atoms with van der Waals surface area (Å²) in [6.07, 6.45) is 5.04. The fraction of sp³-hybridized carbons (Fsp3) is 0.611. The number of ether oxygens (including phenoxy) is 1. The van der Waals surface area contributed by atoms with Crippen molar-refractivity contribution in [1.29, 1.82) is 0 Å². The lowest BCUT2D eigenvalue weighted by Crippen LogP contribution is -2.39. The molecule has 1 aliphatic heterocycles. The van der Waals surface area contributed by atoms with Gasteiger partial charge in [-0.1, -0.05) is 30.3 Å². The van der Waals surface area contributed by atoms with Crippen molar-refractivity contribution < 1.29 is 4.74 Å². The Labute approximate surface area is 133 Å². The summed E-state index contributed by atoms with van der Waals surface area (Å²) in [4.78, 5) is 4.81. The van der Waals surface area contributed by atoms with Crippen molar-refractivity contribution in [2.24, 2.45) is 10.9 Å². The number of rotatable bonds is 5. The molecule has 0 spiro atoms. The van der Waals surface area contributed by atoms with Crippen LogP contribution in [0, 0.1) is 5.92 Å². The van der Waals surface area contributed by atoms with Gasteiger partial charge >= 0.3 is 0 Å². The van der Waals surface area contributed by atoms with Gasteiger partial charge in [-0.25, -0.2) is 0 Å². The molecule has 0 radical (unpaired) electrons. The molecule has 1 saturated heterocycles. The largest absolute Gasteiger partial charge is 0.373 e. The first-order valence-electron chi connectivity index (χ1n) is 8.58. The highest BCUT2D eigenvalue weighted by atomic mass is 16.5. The average molecular weight is 301 g/mol. The maximum atomic E-state index is 6.05. The molecule has 22 heavy (non-hydrogen) atoms. The van der Waals surface area contributed by atoms with Gasteiger partial charge in [0.2, 0.25) is 0 Å². The Morgan fingerprint density at radius 2 is 2.05 bits per heavy atom. The zero-order valence-corrected chi connectivity index (χ0v) is 13.4. The molecule has 2 unspecified atom stereocenters. The molecule has 1 aromatic carbocycles. The lowest BCUT2D eigenvalue weighted by Gasteiger charge is -2.31. The molecule has 0 aromatic heterocycles. The lowest BCUT2D eigenvalue weighted by molar-refractivity contribution is -0.0250. The molecule has 3 rings (SSSR count). The van der Waals surface area contributed by atoms with E-state index in [4.69, 9.17) is 9.73 Å². The number of hydrogen-bond acceptors (Lipinski definition) is 2. The van der Waals surface area contributed by atoms with Crippen LogP contribution in [0.4, 0.5) is 0 Å². The normalized spacial score (nSPS) is 25.8. The lowest BCUT2D eigenvalue weighted by atomic mass is 9.89. The van der Waals surface area contributed by atoms with E-state index < -0.39 is 0 Å². The summed E-state index contributed by atoms with van der Waals surface area (Å²) in [6.45, 7) is 4.70. The van der Waals surface area contributed by atoms with Crippen LogP contribution in [-0.4, -0.2) is 31.7 Å². The Morgan fingerprint density at radius 3 is 2.77 bits per heavy atom. The molecule has 120 valence electrons. The first-order valence-corrected chi connectivity index (χ1v) is 8.58. The zero-order valence-electron chi connectivity index (χ0n) is 13.4. The predicted octanol–water partition coefficient (Wildman–Crippen LogP) is 2.87. The molecular formula is C18H27N3O. The Hall–Kier alpha value is -1.55. The van der Waals surface area contributed by atoms with Crippen molar-refractivity contribution in [3.63, 3.8) is 0 Å². The number of nitrogens with one attached hydrogen (secondary N) is 2. The number of nitrogens with zero attached hydrogens (tertiary/aromatic N) is 1. The van der Waals surface area contributed by atoms with Crippen molar-refractivity contribution in [3.05, 3.63) is 35.9 Å². The fourth-order valence-corrected chi connectivity index (χ4v) is 2.99. The average Bonchev–Trinajstić information content (AvgIpc) is 3.38. The Morgan fingerprint density at radius 1 is 1.23 bits per heavy atom. The molecule has 2 atom stereocenters. The second-order valence-corrected chi connectivity index (χ2v) is 6.24. The van der Waals surface area contributed by atoms with E-state index in [1.807, 2.05) is 0 Å². The summed E-state index contributed by atoms with van der Waals surface area (Å²) >= 11 is 0. The van der Waals surface area contributed by atoms with Crippen LogP contribution in [0.3, 0.4) is 0 Å². The van der Waals surface area contributed by atoms with Crippen molar-refractivity contribution in [1.82, 2.24) is 10.6 Å². The summed E-state index contributed by atoms with van der Waals surface area (Å²) in [6, 6.07) is 11.2. The fourth-order valence-electron chi connectivity index (χ4n) is 2.99. The van der Waals surface area contributed by atoms with Crippen molar-refractivity contribution in [2.75, 3.05) is 19.7 Å². The SMILES string of the molecule is CCNC(=NCC1CCCOC1c1ccccc1)NC1CC1. The minimum atomic E-state index is 0.183. The van der Waals surface area contributed by atoms with Gasteiger partial charge < -0.3 is 15.4 Å². The summed E-state index contributed by atoms with van der Waals surface area (Å²) in [5.74, 6) is 1.42. The predicted molar refractivity (Wildman–Crippen MR) is 90.0 cm³/mol. The minimum Gasteiger partial charge on any atom is -0.373 e. The third-order valence-electron chi connectivity index (χ3n) is 4.32. The van der Waals surface area contributed by atoms with Gasteiger partial charge in [0.25, 0.3) is 0 Å². The molecule has 1 aromatic rings. The van der Waals surface area contributed by atoms with Crippen molar-refractivity contribution in [3.8, 4) is 0 Å². The van der Waals surface area contributed by atoms with Gasteiger partial charge in [0.05, 0.1) is 6.10 Å². The first-order chi connectivity index (χ1) is 10.9. The third-order valence-corrected chi connectivity index (χ3v) is 4.32. The Kier molecular flexibility index (Phi) is 5.33. The van der Waals surface area contributed by atoms with Crippen LogP contribution < -0.4 is 10.6 Å². The van der Waals surface area contributed by atoms with E-state index in [1.165, 1.54) is 24.8 Å². The molecule has 1 saturated carbocycles. The second-order valence-electron chi connectivity index (χ2n) is 6.24. The molecule has 2 N–H and O–H groups in total. The van der Waals surface area contributed by atoms with Crippen LogP contribution in [0.1, 0.15) is 44.3 Å². The van der Waals surface area contributed by atoms with Crippen LogP contribution in [0.25, 0.3) is 0 Å². The van der Waals surface area contributed by atoms with E-state index in [2.05, 4.69) is 47.9 Å². The van der Waals surface area contributed by atoms with E-state index in [9.17, 15) is 0 Å². The van der Waals surface area contributed by atoms with Crippen LogP contribution in [-0.2, 0) is 4.74 Å². The summed E-state index contributed by atoms with van der Waals surface area (Å²) in [5.41, 5.74) is 1.28.